The molecule has 0 unspecified atom stereocenters. The Bertz CT molecular complexity index is 1030. The molecule has 2 aromatic heterocycles. The van der Waals surface area contributed by atoms with E-state index < -0.39 is 21.6 Å². The van der Waals surface area contributed by atoms with Crippen LogP contribution in [0.1, 0.15) is 17.2 Å². The number of rotatable bonds is 8. The summed E-state index contributed by atoms with van der Waals surface area (Å²) >= 11 is 1.49. The fourth-order valence-corrected chi connectivity index (χ4v) is 5.16. The first kappa shape index (κ1) is 19.3. The summed E-state index contributed by atoms with van der Waals surface area (Å²) < 4.78 is 31.4. The molecule has 3 aromatic rings. The van der Waals surface area contributed by atoms with Crippen molar-refractivity contribution in [3.63, 3.8) is 0 Å². The van der Waals surface area contributed by atoms with Crippen molar-refractivity contribution in [2.24, 2.45) is 0 Å². The minimum absolute atomic E-state index is 0.198. The summed E-state index contributed by atoms with van der Waals surface area (Å²) in [5, 5.41) is 12.2. The SMILES string of the molecule is COc1ccc([C@@H](CS(=O)(=O)Cc2cnc3ccsc3c2)N(O)C=O)cc1. The molecule has 0 aliphatic rings. The number of nitrogens with zero attached hydrogens (tertiary/aromatic N) is 2. The molecule has 1 N–H and O–H groups in total. The Hall–Kier alpha value is -2.49. The van der Waals surface area contributed by atoms with Crippen LogP contribution in [0.5, 0.6) is 5.75 Å². The molecule has 0 radical (unpaired) electrons. The highest BCUT2D eigenvalue weighted by molar-refractivity contribution is 7.90. The molecule has 142 valence electrons. The topological polar surface area (TPSA) is 96.8 Å². The number of amides is 1. The molecule has 0 aliphatic carbocycles. The van der Waals surface area contributed by atoms with Crippen LogP contribution in [0.15, 0.2) is 48.0 Å². The summed E-state index contributed by atoms with van der Waals surface area (Å²) in [6.45, 7) is 0. The minimum atomic E-state index is -3.63. The van der Waals surface area contributed by atoms with Crippen LogP contribution >= 0.6 is 11.3 Å². The third kappa shape index (κ3) is 4.62. The van der Waals surface area contributed by atoms with Crippen molar-refractivity contribution >= 4 is 37.8 Å². The lowest BCUT2D eigenvalue weighted by Crippen LogP contribution is -2.30. The second-order valence-corrected chi connectivity index (χ2v) is 9.03. The van der Waals surface area contributed by atoms with Crippen LogP contribution in [-0.2, 0) is 20.4 Å². The van der Waals surface area contributed by atoms with Crippen molar-refractivity contribution in [3.05, 3.63) is 59.1 Å². The standard InChI is InChI=1S/C18H18N2O5S2/c1-25-15-4-2-14(3-5-15)17(20(22)12-21)11-27(23,24)10-13-8-18-16(19-9-13)6-7-26-18/h2-9,12,17,22H,10-11H2,1H3/t17-/m1/s1. The van der Waals surface area contributed by atoms with Crippen LogP contribution in [0.2, 0.25) is 0 Å². The molecule has 1 aromatic carbocycles. The Balaban J connectivity index is 1.83. The third-order valence-electron chi connectivity index (χ3n) is 4.09. The van der Waals surface area contributed by atoms with Gasteiger partial charge in [0.1, 0.15) is 5.75 Å². The van der Waals surface area contributed by atoms with Gasteiger partial charge in [-0.1, -0.05) is 12.1 Å². The lowest BCUT2D eigenvalue weighted by molar-refractivity contribution is -0.158. The highest BCUT2D eigenvalue weighted by atomic mass is 32.2. The number of hydrogen-bond acceptors (Lipinski definition) is 7. The maximum absolute atomic E-state index is 12.7. The molecule has 2 heterocycles. The fraction of sp³-hybridized carbons (Fsp3) is 0.222. The van der Waals surface area contributed by atoms with Gasteiger partial charge in [0, 0.05) is 6.20 Å². The Morgan fingerprint density at radius 2 is 2.04 bits per heavy atom. The molecule has 0 saturated carbocycles. The molecule has 0 fully saturated rings. The monoisotopic (exact) mass is 406 g/mol. The van der Waals surface area contributed by atoms with E-state index in [1.54, 1.807) is 30.3 Å². The lowest BCUT2D eigenvalue weighted by Gasteiger charge is -2.23. The zero-order valence-corrected chi connectivity index (χ0v) is 16.1. The first-order chi connectivity index (χ1) is 12.9. The predicted molar refractivity (Wildman–Crippen MR) is 103 cm³/mol. The van der Waals surface area contributed by atoms with Gasteiger partial charge in [-0.25, -0.2) is 13.5 Å². The second-order valence-electron chi connectivity index (χ2n) is 5.98. The van der Waals surface area contributed by atoms with Gasteiger partial charge in [-0.05, 0) is 40.8 Å². The highest BCUT2D eigenvalue weighted by Gasteiger charge is 2.26. The van der Waals surface area contributed by atoms with E-state index in [1.165, 1.54) is 24.6 Å². The molecular formula is C18H18N2O5S2. The van der Waals surface area contributed by atoms with Gasteiger partial charge >= 0.3 is 0 Å². The van der Waals surface area contributed by atoms with Gasteiger partial charge in [0.2, 0.25) is 6.41 Å². The number of sulfone groups is 1. The first-order valence-corrected chi connectivity index (χ1v) is 10.7. The van der Waals surface area contributed by atoms with Gasteiger partial charge in [0.25, 0.3) is 0 Å². The largest absolute Gasteiger partial charge is 0.497 e. The number of thiophene rings is 1. The van der Waals surface area contributed by atoms with Crippen LogP contribution in [0, 0.1) is 0 Å². The Morgan fingerprint density at radius 1 is 1.30 bits per heavy atom. The van der Waals surface area contributed by atoms with Gasteiger partial charge in [0.15, 0.2) is 9.84 Å². The minimum Gasteiger partial charge on any atom is -0.497 e. The quantitative estimate of drug-likeness (QED) is 0.351. The normalized spacial score (nSPS) is 12.7. The fourth-order valence-electron chi connectivity index (χ4n) is 2.74. The molecule has 0 aliphatic heterocycles. The van der Waals surface area contributed by atoms with E-state index in [4.69, 9.17) is 4.74 Å². The third-order valence-corrected chi connectivity index (χ3v) is 6.54. The number of ether oxygens (including phenoxy) is 1. The lowest BCUT2D eigenvalue weighted by atomic mass is 10.1. The smallest absolute Gasteiger partial charge is 0.233 e. The summed E-state index contributed by atoms with van der Waals surface area (Å²) in [4.78, 5) is 15.3. The number of methoxy groups -OCH3 is 1. The van der Waals surface area contributed by atoms with Crippen LogP contribution in [0.3, 0.4) is 0 Å². The van der Waals surface area contributed by atoms with Crippen LogP contribution < -0.4 is 4.74 Å². The van der Waals surface area contributed by atoms with E-state index >= 15 is 0 Å². The zero-order valence-electron chi connectivity index (χ0n) is 14.5. The first-order valence-electron chi connectivity index (χ1n) is 8.01. The Kier molecular flexibility index (Phi) is 5.73. The van der Waals surface area contributed by atoms with Gasteiger partial charge in [-0.3, -0.25) is 15.0 Å². The van der Waals surface area contributed by atoms with Crippen molar-refractivity contribution < 1.29 is 23.2 Å². The summed E-state index contributed by atoms with van der Waals surface area (Å²) in [6.07, 6.45) is 1.73. The van der Waals surface area contributed by atoms with E-state index in [2.05, 4.69) is 4.98 Å². The van der Waals surface area contributed by atoms with E-state index in [0.717, 1.165) is 10.2 Å². The van der Waals surface area contributed by atoms with E-state index in [1.807, 2.05) is 11.4 Å². The maximum Gasteiger partial charge on any atom is 0.233 e. The molecule has 0 saturated heterocycles. The van der Waals surface area contributed by atoms with Crippen LogP contribution in [0.4, 0.5) is 0 Å². The number of fused-ring (bicyclic) bond motifs is 1. The number of carbonyl (C=O) groups is 1. The van der Waals surface area contributed by atoms with Crippen LogP contribution in [0.25, 0.3) is 10.2 Å². The van der Waals surface area contributed by atoms with Crippen molar-refractivity contribution in [2.45, 2.75) is 11.8 Å². The van der Waals surface area contributed by atoms with E-state index in [9.17, 15) is 18.4 Å². The molecule has 1 amide bonds. The molecule has 0 bridgehead atoms. The summed E-state index contributed by atoms with van der Waals surface area (Å²) in [5.74, 6) is -0.0594. The number of hydroxylamine groups is 2. The predicted octanol–water partition coefficient (Wildman–Crippen LogP) is 2.81. The Morgan fingerprint density at radius 3 is 2.70 bits per heavy atom. The Labute approximate surface area is 160 Å². The summed E-state index contributed by atoms with van der Waals surface area (Å²) in [7, 11) is -2.12. The van der Waals surface area contributed by atoms with Gasteiger partial charge < -0.3 is 4.74 Å². The molecular weight excluding hydrogens is 388 g/mol. The number of pyridine rings is 1. The van der Waals surface area contributed by atoms with E-state index in [-0.39, 0.29) is 12.2 Å². The average Bonchev–Trinajstić information content (AvgIpc) is 3.13. The van der Waals surface area contributed by atoms with Gasteiger partial charge in [0.05, 0.1) is 34.9 Å². The van der Waals surface area contributed by atoms with E-state index in [0.29, 0.717) is 21.9 Å². The number of carbonyl (C=O) groups excluding carboxylic acids is 1. The number of benzene rings is 1. The molecule has 9 heteroatoms. The molecule has 0 spiro atoms. The van der Waals surface area contributed by atoms with Crippen molar-refractivity contribution in [2.75, 3.05) is 12.9 Å². The van der Waals surface area contributed by atoms with Crippen molar-refractivity contribution in [3.8, 4) is 5.75 Å². The summed E-state index contributed by atoms with van der Waals surface area (Å²) in [6, 6.07) is 9.16. The second kappa shape index (κ2) is 8.03. The van der Waals surface area contributed by atoms with Crippen LogP contribution in [-0.4, -0.2) is 42.9 Å². The van der Waals surface area contributed by atoms with Gasteiger partial charge in [-0.2, -0.15) is 0 Å². The molecule has 3 rings (SSSR count). The number of aromatic nitrogens is 1. The molecule has 7 nitrogen and oxygen atoms in total. The van der Waals surface area contributed by atoms with Gasteiger partial charge in [-0.15, -0.1) is 11.3 Å². The number of hydrogen-bond donors (Lipinski definition) is 1. The zero-order chi connectivity index (χ0) is 19.4. The maximum atomic E-state index is 12.7. The van der Waals surface area contributed by atoms with Crippen molar-refractivity contribution in [1.82, 2.24) is 10.0 Å². The average molecular weight is 406 g/mol. The molecule has 27 heavy (non-hydrogen) atoms. The summed E-state index contributed by atoms with van der Waals surface area (Å²) in [5.41, 5.74) is 1.87. The van der Waals surface area contributed by atoms with Crippen molar-refractivity contribution in [1.29, 1.82) is 0 Å². The molecule has 1 atom stereocenters. The highest BCUT2D eigenvalue weighted by Crippen LogP contribution is 2.25.